The van der Waals surface area contributed by atoms with Crippen molar-refractivity contribution in [3.8, 4) is 28.0 Å². The zero-order valence-electron chi connectivity index (χ0n) is 21.1. The van der Waals surface area contributed by atoms with Crippen LogP contribution in [0.4, 0.5) is 30.7 Å². The molecule has 1 aliphatic rings. The average molecular weight is 579 g/mol. The SMILES string of the molecule is CCCC1Cc2ccc(-c3ccc(-c4cc(F)c(C(F)(F)Oc5cc(F)c(Cl)c(F)c5)c(F)c4)c(F)c3)cc2C1. The second-order valence-electron chi connectivity index (χ2n) is 9.88. The lowest BCUT2D eigenvalue weighted by atomic mass is 9.96. The van der Waals surface area contributed by atoms with Crippen molar-refractivity contribution in [1.82, 2.24) is 0 Å². The Morgan fingerprint density at radius 3 is 1.93 bits per heavy atom. The molecule has 4 aromatic carbocycles. The van der Waals surface area contributed by atoms with Gasteiger partial charge in [-0.15, -0.1) is 0 Å². The maximum atomic E-state index is 15.2. The Morgan fingerprint density at radius 1 is 0.725 bits per heavy atom. The number of fused-ring (bicyclic) bond motifs is 1. The van der Waals surface area contributed by atoms with Crippen LogP contribution in [0.3, 0.4) is 0 Å². The zero-order valence-corrected chi connectivity index (χ0v) is 21.9. The number of benzene rings is 4. The van der Waals surface area contributed by atoms with E-state index in [2.05, 4.69) is 11.7 Å². The molecule has 1 nitrogen and oxygen atoms in total. The van der Waals surface area contributed by atoms with Gasteiger partial charge in [0, 0.05) is 17.7 Å². The topological polar surface area (TPSA) is 9.23 Å². The van der Waals surface area contributed by atoms with Gasteiger partial charge in [-0.05, 0) is 64.8 Å². The van der Waals surface area contributed by atoms with Crippen LogP contribution in [-0.2, 0) is 19.0 Å². The standard InChI is InChI=1S/C31H22ClF7O/c1-2-3-16-8-17-4-5-18(10-20(17)9-16)19-6-7-23(24(33)11-19)21-12-25(34)29(26(35)13-21)31(38,39)40-22-14-27(36)30(32)28(37)15-22/h4-7,10-16H,2-3,8-9H2,1H3. The molecule has 1 atom stereocenters. The molecule has 0 aliphatic heterocycles. The van der Waals surface area contributed by atoms with Gasteiger partial charge in [-0.3, -0.25) is 0 Å². The van der Waals surface area contributed by atoms with E-state index in [9.17, 15) is 26.3 Å². The fraction of sp³-hybridized carbons (Fsp3) is 0.226. The van der Waals surface area contributed by atoms with Crippen molar-refractivity contribution in [3.63, 3.8) is 0 Å². The van der Waals surface area contributed by atoms with Crippen molar-refractivity contribution < 1.29 is 35.5 Å². The summed E-state index contributed by atoms with van der Waals surface area (Å²) in [6.45, 7) is 2.15. The molecule has 1 unspecified atom stereocenters. The van der Waals surface area contributed by atoms with Crippen molar-refractivity contribution in [2.75, 3.05) is 0 Å². The molecular formula is C31H22ClF7O. The molecule has 0 N–H and O–H groups in total. The normalized spacial score (nSPS) is 14.9. The Labute approximate surface area is 231 Å². The highest BCUT2D eigenvalue weighted by atomic mass is 35.5. The number of halogens is 8. The fourth-order valence-corrected chi connectivity index (χ4v) is 5.34. The van der Waals surface area contributed by atoms with Crippen molar-refractivity contribution in [2.45, 2.75) is 38.7 Å². The molecule has 0 saturated heterocycles. The average Bonchev–Trinajstić information content (AvgIpc) is 3.28. The first-order valence-corrected chi connectivity index (χ1v) is 13.0. The van der Waals surface area contributed by atoms with Crippen molar-refractivity contribution in [3.05, 3.63) is 111 Å². The first-order chi connectivity index (χ1) is 19.0. The summed E-state index contributed by atoms with van der Waals surface area (Å²) >= 11 is 5.32. The third-order valence-corrected chi connectivity index (χ3v) is 7.43. The summed E-state index contributed by atoms with van der Waals surface area (Å²) in [4.78, 5) is 0. The number of hydrogen-bond donors (Lipinski definition) is 0. The Hall–Kier alpha value is -3.52. The zero-order chi connectivity index (χ0) is 28.8. The van der Waals surface area contributed by atoms with E-state index in [1.807, 2.05) is 18.2 Å². The van der Waals surface area contributed by atoms with Gasteiger partial charge in [0.2, 0.25) is 0 Å². The molecule has 4 aromatic rings. The van der Waals surface area contributed by atoms with Crippen molar-refractivity contribution >= 4 is 11.6 Å². The van der Waals surface area contributed by atoms with Gasteiger partial charge >= 0.3 is 6.11 Å². The Morgan fingerprint density at radius 2 is 1.30 bits per heavy atom. The summed E-state index contributed by atoms with van der Waals surface area (Å²) in [7, 11) is 0. The molecule has 0 radical (unpaired) electrons. The predicted molar refractivity (Wildman–Crippen MR) is 139 cm³/mol. The molecular weight excluding hydrogens is 557 g/mol. The van der Waals surface area contributed by atoms with E-state index in [-0.39, 0.29) is 11.1 Å². The van der Waals surface area contributed by atoms with Gasteiger partial charge in [-0.1, -0.05) is 61.7 Å². The van der Waals surface area contributed by atoms with Gasteiger partial charge in [0.15, 0.2) is 0 Å². The van der Waals surface area contributed by atoms with Crippen molar-refractivity contribution in [2.24, 2.45) is 5.92 Å². The van der Waals surface area contributed by atoms with Crippen LogP contribution < -0.4 is 4.74 Å². The minimum atomic E-state index is -4.66. The van der Waals surface area contributed by atoms with Crippen LogP contribution in [-0.4, -0.2) is 0 Å². The summed E-state index contributed by atoms with van der Waals surface area (Å²) in [5, 5.41) is -0.956. The highest BCUT2D eigenvalue weighted by Crippen LogP contribution is 2.39. The van der Waals surface area contributed by atoms with E-state index in [1.165, 1.54) is 23.3 Å². The number of hydrogen-bond acceptors (Lipinski definition) is 1. The number of alkyl halides is 2. The predicted octanol–water partition coefficient (Wildman–Crippen LogP) is 10.0. The first-order valence-electron chi connectivity index (χ1n) is 12.6. The molecule has 1 aliphatic carbocycles. The quantitative estimate of drug-likeness (QED) is 0.157. The van der Waals surface area contributed by atoms with Crippen LogP contribution in [0.25, 0.3) is 22.3 Å². The molecule has 0 spiro atoms. The van der Waals surface area contributed by atoms with Crippen LogP contribution in [0.5, 0.6) is 5.75 Å². The highest BCUT2D eigenvalue weighted by Gasteiger charge is 2.41. The van der Waals surface area contributed by atoms with E-state index in [0.717, 1.165) is 31.2 Å². The number of rotatable bonds is 7. The molecule has 9 heteroatoms. The van der Waals surface area contributed by atoms with Gasteiger partial charge in [-0.2, -0.15) is 8.78 Å². The van der Waals surface area contributed by atoms with Gasteiger partial charge in [0.1, 0.15) is 45.4 Å². The van der Waals surface area contributed by atoms with Gasteiger partial charge in [-0.25, -0.2) is 22.0 Å². The second kappa shape index (κ2) is 10.8. The third-order valence-electron chi connectivity index (χ3n) is 7.07. The van der Waals surface area contributed by atoms with Crippen LogP contribution in [0.15, 0.2) is 60.7 Å². The highest BCUT2D eigenvalue weighted by molar-refractivity contribution is 6.30. The molecule has 0 fully saturated rings. The van der Waals surface area contributed by atoms with Crippen molar-refractivity contribution in [1.29, 1.82) is 0 Å². The smallest absolute Gasteiger partial charge is 0.429 e. The molecule has 208 valence electrons. The Kier molecular flexibility index (Phi) is 7.57. The van der Waals surface area contributed by atoms with E-state index in [4.69, 9.17) is 11.6 Å². The van der Waals surface area contributed by atoms with Gasteiger partial charge < -0.3 is 4.74 Å². The minimum absolute atomic E-state index is 0.205. The van der Waals surface area contributed by atoms with E-state index >= 15 is 4.39 Å². The molecule has 0 saturated carbocycles. The Balaban J connectivity index is 1.41. The summed E-state index contributed by atoms with van der Waals surface area (Å²) in [6, 6.07) is 11.9. The molecule has 0 heterocycles. The van der Waals surface area contributed by atoms with Crippen LogP contribution in [0, 0.1) is 35.0 Å². The van der Waals surface area contributed by atoms with E-state index in [1.54, 1.807) is 6.07 Å². The summed E-state index contributed by atoms with van der Waals surface area (Å²) in [5.74, 6) is -7.53. The lowest BCUT2D eigenvalue weighted by molar-refractivity contribution is -0.189. The summed E-state index contributed by atoms with van der Waals surface area (Å²) in [6.07, 6.45) is -0.450. The monoisotopic (exact) mass is 578 g/mol. The Bertz CT molecular complexity index is 1560. The van der Waals surface area contributed by atoms with E-state index < -0.39 is 51.5 Å². The van der Waals surface area contributed by atoms with E-state index in [0.29, 0.717) is 35.7 Å². The van der Waals surface area contributed by atoms with Crippen LogP contribution in [0.1, 0.15) is 36.5 Å². The maximum absolute atomic E-state index is 15.2. The maximum Gasteiger partial charge on any atom is 0.432 e. The second-order valence-corrected chi connectivity index (χ2v) is 10.3. The number of ether oxygens (including phenoxy) is 1. The lowest BCUT2D eigenvalue weighted by Crippen LogP contribution is -2.25. The van der Waals surface area contributed by atoms with Crippen LogP contribution in [0.2, 0.25) is 5.02 Å². The molecule has 0 aromatic heterocycles. The summed E-state index contributed by atoms with van der Waals surface area (Å²) < 4.78 is 106. The molecule has 40 heavy (non-hydrogen) atoms. The lowest BCUT2D eigenvalue weighted by Gasteiger charge is -2.20. The van der Waals surface area contributed by atoms with Gasteiger partial charge in [0.25, 0.3) is 0 Å². The third kappa shape index (κ3) is 5.42. The minimum Gasteiger partial charge on any atom is -0.429 e. The summed E-state index contributed by atoms with van der Waals surface area (Å²) in [5.41, 5.74) is 1.51. The van der Waals surface area contributed by atoms with Crippen LogP contribution >= 0.6 is 11.6 Å². The van der Waals surface area contributed by atoms with Gasteiger partial charge in [0.05, 0.1) is 0 Å². The molecule has 5 rings (SSSR count). The fourth-order valence-electron chi connectivity index (χ4n) is 5.23. The molecule has 0 bridgehead atoms. The molecule has 0 amide bonds. The largest absolute Gasteiger partial charge is 0.432 e. The first kappa shape index (κ1) is 28.0.